The normalized spacial score (nSPS) is 20.6. The van der Waals surface area contributed by atoms with Crippen LogP contribution in [-0.4, -0.2) is 46.2 Å². The zero-order valence-corrected chi connectivity index (χ0v) is 22.0. The van der Waals surface area contributed by atoms with Crippen molar-refractivity contribution in [1.82, 2.24) is 9.80 Å². The van der Waals surface area contributed by atoms with Gasteiger partial charge >= 0.3 is 0 Å². The fraction of sp³-hybridized carbons (Fsp3) is 0.290. The summed E-state index contributed by atoms with van der Waals surface area (Å²) >= 11 is 6.16. The number of ketones is 1. The summed E-state index contributed by atoms with van der Waals surface area (Å²) in [6.07, 6.45) is 3.21. The number of amides is 1. The fourth-order valence-corrected chi connectivity index (χ4v) is 5.61. The Labute approximate surface area is 227 Å². The average Bonchev–Trinajstić information content (AvgIpc) is 3.18. The number of likely N-dealkylation sites (tertiary alicyclic amines) is 2. The number of rotatable bonds is 6. The first-order valence-corrected chi connectivity index (χ1v) is 13.3. The Morgan fingerprint density at radius 1 is 0.974 bits per heavy atom. The van der Waals surface area contributed by atoms with Gasteiger partial charge < -0.3 is 10.0 Å². The molecule has 0 saturated carbocycles. The summed E-state index contributed by atoms with van der Waals surface area (Å²) in [5.41, 5.74) is 2.43. The number of aliphatic hydroxyl groups excluding tert-OH is 1. The lowest BCUT2D eigenvalue weighted by atomic mass is 9.94. The van der Waals surface area contributed by atoms with E-state index < -0.39 is 23.5 Å². The number of Topliss-reactive ketones (excluding diaryl/α,β-unsaturated/α-hetero) is 1. The zero-order chi connectivity index (χ0) is 26.8. The number of nitrogens with zero attached hydrogens (tertiary/aromatic N) is 2. The van der Waals surface area contributed by atoms with E-state index >= 15 is 4.39 Å². The van der Waals surface area contributed by atoms with E-state index in [2.05, 4.69) is 4.90 Å². The molecule has 0 bridgehead atoms. The summed E-state index contributed by atoms with van der Waals surface area (Å²) in [6.45, 7) is 3.78. The Hall–Kier alpha value is -3.48. The van der Waals surface area contributed by atoms with Crippen molar-refractivity contribution in [2.75, 3.05) is 19.6 Å². The molecule has 2 aliphatic rings. The molecule has 2 saturated heterocycles. The van der Waals surface area contributed by atoms with Gasteiger partial charge in [-0.05, 0) is 56.6 Å². The minimum absolute atomic E-state index is 0.0996. The third-order valence-electron chi connectivity index (χ3n) is 7.52. The van der Waals surface area contributed by atoms with Crippen molar-refractivity contribution in [3.63, 3.8) is 0 Å². The second-order valence-corrected chi connectivity index (χ2v) is 10.4. The molecule has 196 valence electrons. The lowest BCUT2D eigenvalue weighted by Crippen LogP contribution is -2.42. The quantitative estimate of drug-likeness (QED) is 0.225. The highest BCUT2D eigenvalue weighted by Gasteiger charge is 2.48. The van der Waals surface area contributed by atoms with E-state index in [0.29, 0.717) is 10.6 Å². The monoisotopic (exact) mass is 532 g/mol. The van der Waals surface area contributed by atoms with E-state index in [1.54, 1.807) is 30.3 Å². The molecule has 38 heavy (non-hydrogen) atoms. The smallest absolute Gasteiger partial charge is 0.295 e. The van der Waals surface area contributed by atoms with Crippen LogP contribution in [0.3, 0.4) is 0 Å². The average molecular weight is 533 g/mol. The number of halogens is 2. The van der Waals surface area contributed by atoms with E-state index in [1.807, 2.05) is 43.3 Å². The highest BCUT2D eigenvalue weighted by molar-refractivity contribution is 6.46. The van der Waals surface area contributed by atoms with Gasteiger partial charge in [0.2, 0.25) is 0 Å². The van der Waals surface area contributed by atoms with Gasteiger partial charge in [-0.3, -0.25) is 14.5 Å². The Balaban J connectivity index is 1.62. The van der Waals surface area contributed by atoms with Crippen molar-refractivity contribution < 1.29 is 19.1 Å². The fourth-order valence-electron chi connectivity index (χ4n) is 5.49. The molecule has 2 heterocycles. The molecule has 2 aliphatic heterocycles. The summed E-state index contributed by atoms with van der Waals surface area (Å²) in [5, 5.41) is 11.9. The van der Waals surface area contributed by atoms with Gasteiger partial charge in [-0.15, -0.1) is 0 Å². The van der Waals surface area contributed by atoms with Crippen LogP contribution < -0.4 is 0 Å². The highest BCUT2D eigenvalue weighted by Crippen LogP contribution is 2.42. The molecule has 5 rings (SSSR count). The van der Waals surface area contributed by atoms with E-state index in [1.165, 1.54) is 11.0 Å². The maximum atomic E-state index is 15.2. The number of piperidine rings is 1. The van der Waals surface area contributed by atoms with Crippen LogP contribution in [0.15, 0.2) is 78.4 Å². The van der Waals surface area contributed by atoms with Gasteiger partial charge in [0.25, 0.3) is 11.7 Å². The van der Waals surface area contributed by atoms with Crippen LogP contribution in [0.5, 0.6) is 0 Å². The number of aliphatic hydroxyl groups is 1. The maximum absolute atomic E-state index is 15.2. The highest BCUT2D eigenvalue weighted by atomic mass is 35.5. The molecule has 0 spiro atoms. The molecule has 1 amide bonds. The van der Waals surface area contributed by atoms with Gasteiger partial charge in [-0.2, -0.15) is 0 Å². The minimum atomic E-state index is -1.06. The van der Waals surface area contributed by atoms with Crippen molar-refractivity contribution in [2.45, 2.75) is 38.3 Å². The molecule has 5 nitrogen and oxygen atoms in total. The van der Waals surface area contributed by atoms with Gasteiger partial charge in [-0.1, -0.05) is 78.2 Å². The number of carbonyl (C=O) groups excluding carboxylic acids is 2. The number of carbonyl (C=O) groups is 2. The maximum Gasteiger partial charge on any atom is 0.295 e. The van der Waals surface area contributed by atoms with Crippen molar-refractivity contribution in [3.05, 3.63) is 111 Å². The van der Waals surface area contributed by atoms with Gasteiger partial charge in [0.1, 0.15) is 11.6 Å². The van der Waals surface area contributed by atoms with E-state index in [4.69, 9.17) is 11.6 Å². The third-order valence-corrected chi connectivity index (χ3v) is 7.77. The summed E-state index contributed by atoms with van der Waals surface area (Å²) in [6, 6.07) is 19.3. The number of benzene rings is 3. The second kappa shape index (κ2) is 11.1. The van der Waals surface area contributed by atoms with Gasteiger partial charge in [0, 0.05) is 22.7 Å². The Bertz CT molecular complexity index is 1360. The van der Waals surface area contributed by atoms with Crippen LogP contribution in [0.4, 0.5) is 4.39 Å². The van der Waals surface area contributed by atoms with Gasteiger partial charge in [0.15, 0.2) is 0 Å². The predicted octanol–water partition coefficient (Wildman–Crippen LogP) is 6.44. The van der Waals surface area contributed by atoms with Crippen LogP contribution in [0.2, 0.25) is 5.02 Å². The third kappa shape index (κ3) is 5.11. The molecule has 2 unspecified atom stereocenters. The van der Waals surface area contributed by atoms with Crippen LogP contribution >= 0.6 is 11.6 Å². The van der Waals surface area contributed by atoms with Crippen LogP contribution in [0.1, 0.15) is 53.6 Å². The summed E-state index contributed by atoms with van der Waals surface area (Å²) in [5.74, 6) is -2.41. The summed E-state index contributed by atoms with van der Waals surface area (Å²) < 4.78 is 15.2. The Morgan fingerprint density at radius 3 is 2.29 bits per heavy atom. The molecule has 7 heteroatoms. The molecule has 1 N–H and O–H groups in total. The lowest BCUT2D eigenvalue weighted by Gasteiger charge is -2.38. The van der Waals surface area contributed by atoms with Gasteiger partial charge in [0.05, 0.1) is 17.7 Å². The number of hydrogen-bond donors (Lipinski definition) is 1. The lowest BCUT2D eigenvalue weighted by molar-refractivity contribution is -0.140. The zero-order valence-electron chi connectivity index (χ0n) is 21.2. The predicted molar refractivity (Wildman–Crippen MR) is 146 cm³/mol. The molecular formula is C31H30ClFN2O3. The first-order valence-electron chi connectivity index (χ1n) is 12.9. The molecule has 3 aromatic carbocycles. The Morgan fingerprint density at radius 2 is 1.63 bits per heavy atom. The molecule has 0 aliphatic carbocycles. The van der Waals surface area contributed by atoms with Crippen LogP contribution in [0.25, 0.3) is 5.76 Å². The first kappa shape index (κ1) is 26.1. The minimum Gasteiger partial charge on any atom is -0.507 e. The first-order chi connectivity index (χ1) is 18.3. The van der Waals surface area contributed by atoms with Crippen molar-refractivity contribution in [1.29, 1.82) is 0 Å². The molecular weight excluding hydrogens is 503 g/mol. The summed E-state index contributed by atoms with van der Waals surface area (Å²) in [4.78, 5) is 30.8. The summed E-state index contributed by atoms with van der Waals surface area (Å²) in [7, 11) is 0. The second-order valence-electron chi connectivity index (χ2n) is 10.0. The Kier molecular flexibility index (Phi) is 7.63. The topological polar surface area (TPSA) is 60.9 Å². The van der Waals surface area contributed by atoms with Crippen molar-refractivity contribution in [2.24, 2.45) is 0 Å². The largest absolute Gasteiger partial charge is 0.507 e. The van der Waals surface area contributed by atoms with Crippen LogP contribution in [-0.2, 0) is 9.59 Å². The molecule has 2 atom stereocenters. The van der Waals surface area contributed by atoms with Crippen LogP contribution in [0, 0.1) is 12.7 Å². The molecule has 0 radical (unpaired) electrons. The number of hydrogen-bond acceptors (Lipinski definition) is 4. The molecule has 0 aromatic heterocycles. The van der Waals surface area contributed by atoms with E-state index in [9.17, 15) is 14.7 Å². The SMILES string of the molecule is Cc1ccc(/C(O)=C2\C(=O)C(=O)N(CC(c3ccc(Cl)cc3)N3CCCCC3)C2c2ccccc2F)cc1. The van der Waals surface area contributed by atoms with Crippen molar-refractivity contribution in [3.8, 4) is 0 Å². The van der Waals surface area contributed by atoms with E-state index in [0.717, 1.165) is 43.5 Å². The van der Waals surface area contributed by atoms with Crippen molar-refractivity contribution >= 4 is 29.1 Å². The van der Waals surface area contributed by atoms with E-state index in [-0.39, 0.29) is 29.5 Å². The van der Waals surface area contributed by atoms with Gasteiger partial charge in [-0.25, -0.2) is 4.39 Å². The molecule has 2 fully saturated rings. The number of aryl methyl sites for hydroxylation is 1. The standard InChI is InChI=1S/C31H30ClFN2O3/c1-20-9-11-22(12-10-20)29(36)27-28(24-7-3-4-8-25(24)33)35(31(38)30(27)37)19-26(34-17-5-2-6-18-34)21-13-15-23(32)16-14-21/h3-4,7-16,26,28,36H,2,5-6,17-19H2,1H3/b29-27+. The molecule has 3 aromatic rings.